The third-order valence-corrected chi connectivity index (χ3v) is 6.75. The Balaban J connectivity index is 1.21. The summed E-state index contributed by atoms with van der Waals surface area (Å²) in [6, 6.07) is 4.28. The van der Waals surface area contributed by atoms with Crippen LogP contribution in [0.2, 0.25) is 0 Å². The molecule has 0 radical (unpaired) electrons. The van der Waals surface area contributed by atoms with Crippen molar-refractivity contribution in [2.45, 2.75) is 51.1 Å². The van der Waals surface area contributed by atoms with E-state index in [2.05, 4.69) is 42.3 Å². The van der Waals surface area contributed by atoms with Gasteiger partial charge in [-0.25, -0.2) is 4.98 Å². The average molecular weight is 416 g/mol. The van der Waals surface area contributed by atoms with Gasteiger partial charge in [0.2, 0.25) is 11.9 Å². The van der Waals surface area contributed by atoms with Crippen LogP contribution < -0.4 is 5.32 Å². The maximum atomic E-state index is 12.1. The molecule has 1 aliphatic heterocycles. The molecule has 0 spiro atoms. The van der Waals surface area contributed by atoms with Gasteiger partial charge in [0.15, 0.2) is 5.65 Å². The highest BCUT2D eigenvalue weighted by atomic mass is 16.2. The van der Waals surface area contributed by atoms with Crippen molar-refractivity contribution in [1.29, 1.82) is 0 Å². The van der Waals surface area contributed by atoms with Gasteiger partial charge in [-0.2, -0.15) is 4.98 Å². The normalized spacial score (nSPS) is 23.6. The fourth-order valence-electron chi connectivity index (χ4n) is 5.11. The lowest BCUT2D eigenvalue weighted by atomic mass is 9.73. The van der Waals surface area contributed by atoms with Gasteiger partial charge in [0.25, 0.3) is 0 Å². The first-order valence-electron chi connectivity index (χ1n) is 10.7. The third-order valence-electron chi connectivity index (χ3n) is 6.75. The van der Waals surface area contributed by atoms with E-state index in [1.807, 2.05) is 42.0 Å². The van der Waals surface area contributed by atoms with Crippen molar-refractivity contribution < 1.29 is 4.79 Å². The summed E-state index contributed by atoms with van der Waals surface area (Å²) in [6.45, 7) is 5.01. The summed E-state index contributed by atoms with van der Waals surface area (Å²) >= 11 is 0. The number of fused-ring (bicyclic) bond motifs is 2. The monoisotopic (exact) mass is 416 g/mol. The van der Waals surface area contributed by atoms with Crippen LogP contribution in [0.3, 0.4) is 0 Å². The molecule has 2 N–H and O–H groups in total. The second-order valence-electron chi connectivity index (χ2n) is 8.95. The summed E-state index contributed by atoms with van der Waals surface area (Å²) in [5, 5.41) is 12.7. The molecule has 31 heavy (non-hydrogen) atoms. The number of amides is 1. The van der Waals surface area contributed by atoms with E-state index in [-0.39, 0.29) is 17.5 Å². The van der Waals surface area contributed by atoms with Gasteiger partial charge in [-0.3, -0.25) is 9.20 Å². The van der Waals surface area contributed by atoms with Crippen LogP contribution in [0.4, 0.5) is 5.95 Å². The molecule has 9 nitrogen and oxygen atoms in total. The van der Waals surface area contributed by atoms with Crippen LogP contribution >= 0.6 is 0 Å². The highest BCUT2D eigenvalue weighted by molar-refractivity contribution is 5.93. The van der Waals surface area contributed by atoms with Crippen LogP contribution in [0.5, 0.6) is 0 Å². The van der Waals surface area contributed by atoms with Gasteiger partial charge in [0.1, 0.15) is 11.5 Å². The summed E-state index contributed by atoms with van der Waals surface area (Å²) in [5.74, 6) is 1.76. The molecule has 6 rings (SSSR count). The van der Waals surface area contributed by atoms with E-state index in [0.717, 1.165) is 59.4 Å². The van der Waals surface area contributed by atoms with E-state index >= 15 is 0 Å². The molecule has 4 aromatic heterocycles. The lowest BCUT2D eigenvalue weighted by Gasteiger charge is -2.51. The molecular formula is C22H24N8O. The summed E-state index contributed by atoms with van der Waals surface area (Å²) < 4.78 is 1.98. The van der Waals surface area contributed by atoms with Crippen LogP contribution in [0.1, 0.15) is 38.4 Å². The number of hydrogen-bond acceptors (Lipinski definition) is 6. The van der Waals surface area contributed by atoms with Crippen molar-refractivity contribution in [3.63, 3.8) is 0 Å². The highest BCUT2D eigenvalue weighted by Crippen LogP contribution is 2.41. The van der Waals surface area contributed by atoms with Crippen molar-refractivity contribution >= 4 is 28.5 Å². The van der Waals surface area contributed by atoms with E-state index in [9.17, 15) is 4.79 Å². The molecule has 0 bridgehead atoms. The predicted octanol–water partition coefficient (Wildman–Crippen LogP) is 2.93. The predicted molar refractivity (Wildman–Crippen MR) is 117 cm³/mol. The Morgan fingerprint density at radius 1 is 1.26 bits per heavy atom. The molecule has 1 amide bonds. The number of rotatable bonds is 4. The topological polar surface area (TPSA) is 104 Å². The van der Waals surface area contributed by atoms with Crippen molar-refractivity contribution in [2.24, 2.45) is 0 Å². The van der Waals surface area contributed by atoms with E-state index in [1.165, 1.54) is 0 Å². The first-order chi connectivity index (χ1) is 15.0. The van der Waals surface area contributed by atoms with Crippen LogP contribution in [0, 0.1) is 6.92 Å². The zero-order valence-corrected chi connectivity index (χ0v) is 17.6. The number of pyridine rings is 1. The van der Waals surface area contributed by atoms with Gasteiger partial charge in [-0.05, 0) is 45.2 Å². The van der Waals surface area contributed by atoms with Gasteiger partial charge < -0.3 is 15.2 Å². The number of anilines is 1. The second-order valence-corrected chi connectivity index (χ2v) is 8.95. The van der Waals surface area contributed by atoms with Crippen molar-refractivity contribution in [3.05, 3.63) is 36.5 Å². The van der Waals surface area contributed by atoms with Crippen molar-refractivity contribution in [3.8, 4) is 11.1 Å². The molecule has 1 aliphatic carbocycles. The SMILES string of the molecule is Cc1nnc2ccc(-c3c[nH]c4nc(NC5CC(C)(N6CCCC6=O)C5)ncc34)cn12. The number of likely N-dealkylation sites (tertiary alicyclic amines) is 1. The van der Waals surface area contributed by atoms with Gasteiger partial charge in [0.05, 0.1) is 0 Å². The molecule has 5 heterocycles. The van der Waals surface area contributed by atoms with Crippen molar-refractivity contribution in [2.75, 3.05) is 11.9 Å². The number of nitrogens with zero attached hydrogens (tertiary/aromatic N) is 6. The summed E-state index contributed by atoms with van der Waals surface area (Å²) in [4.78, 5) is 26.7. The number of aromatic amines is 1. The van der Waals surface area contributed by atoms with Gasteiger partial charge in [-0.1, -0.05) is 0 Å². The molecule has 2 aliphatic rings. The fraction of sp³-hybridized carbons (Fsp3) is 0.409. The maximum absolute atomic E-state index is 12.1. The molecule has 1 saturated heterocycles. The van der Waals surface area contributed by atoms with Crippen LogP contribution in [-0.2, 0) is 4.79 Å². The molecule has 2 fully saturated rings. The Bertz CT molecular complexity index is 1320. The molecule has 0 aromatic carbocycles. The Hall–Kier alpha value is -3.49. The fourth-order valence-corrected chi connectivity index (χ4v) is 5.11. The van der Waals surface area contributed by atoms with E-state index in [4.69, 9.17) is 0 Å². The number of nitrogens with one attached hydrogen (secondary N) is 2. The molecule has 1 saturated carbocycles. The van der Waals surface area contributed by atoms with E-state index in [0.29, 0.717) is 12.4 Å². The molecule has 4 aromatic rings. The minimum atomic E-state index is -0.0338. The minimum absolute atomic E-state index is 0.0338. The molecule has 0 atom stereocenters. The number of aryl methyl sites for hydroxylation is 1. The number of carbonyl (C=O) groups excluding carboxylic acids is 1. The number of H-pyrrole nitrogens is 1. The number of aromatic nitrogens is 6. The Morgan fingerprint density at radius 2 is 2.13 bits per heavy atom. The minimum Gasteiger partial charge on any atom is -0.351 e. The number of carbonyl (C=O) groups is 1. The summed E-state index contributed by atoms with van der Waals surface area (Å²) in [5.41, 5.74) is 3.68. The molecule has 158 valence electrons. The second kappa shape index (κ2) is 6.50. The molecule has 9 heteroatoms. The first-order valence-corrected chi connectivity index (χ1v) is 10.7. The Morgan fingerprint density at radius 3 is 2.94 bits per heavy atom. The Kier molecular flexibility index (Phi) is 3.84. The maximum Gasteiger partial charge on any atom is 0.224 e. The number of hydrogen-bond donors (Lipinski definition) is 2. The largest absolute Gasteiger partial charge is 0.351 e. The summed E-state index contributed by atoms with van der Waals surface area (Å²) in [7, 11) is 0. The lowest BCUT2D eigenvalue weighted by Crippen LogP contribution is -2.59. The van der Waals surface area contributed by atoms with Crippen LogP contribution in [-0.4, -0.2) is 58.5 Å². The smallest absolute Gasteiger partial charge is 0.224 e. The third kappa shape index (κ3) is 2.87. The molecular weight excluding hydrogens is 392 g/mol. The van der Waals surface area contributed by atoms with Gasteiger partial charge >= 0.3 is 0 Å². The standard InChI is InChI=1S/C22H24N8O/c1-13-27-28-18-6-5-14(12-29(13)18)16-10-23-20-17(16)11-24-21(26-20)25-15-8-22(2,9-15)30-7-3-4-19(30)31/h5-6,10-12,15H,3-4,7-9H2,1-2H3,(H2,23,24,25,26). The van der Waals surface area contributed by atoms with Gasteiger partial charge in [0, 0.05) is 59.7 Å². The van der Waals surface area contributed by atoms with Gasteiger partial charge in [-0.15, -0.1) is 10.2 Å². The summed E-state index contributed by atoms with van der Waals surface area (Å²) in [6.07, 6.45) is 9.37. The zero-order chi connectivity index (χ0) is 21.2. The lowest BCUT2D eigenvalue weighted by molar-refractivity contribution is -0.136. The molecule has 0 unspecified atom stereocenters. The van der Waals surface area contributed by atoms with E-state index in [1.54, 1.807) is 0 Å². The highest BCUT2D eigenvalue weighted by Gasteiger charge is 2.48. The van der Waals surface area contributed by atoms with Crippen molar-refractivity contribution in [1.82, 2.24) is 34.4 Å². The van der Waals surface area contributed by atoms with Crippen LogP contribution in [0.15, 0.2) is 30.7 Å². The average Bonchev–Trinajstić information content (AvgIpc) is 3.45. The Labute approximate surface area is 178 Å². The first kappa shape index (κ1) is 18.3. The zero-order valence-electron chi connectivity index (χ0n) is 17.6. The quantitative estimate of drug-likeness (QED) is 0.530. The van der Waals surface area contributed by atoms with Crippen LogP contribution in [0.25, 0.3) is 27.8 Å². The van der Waals surface area contributed by atoms with E-state index < -0.39 is 0 Å².